The van der Waals surface area contributed by atoms with Crippen LogP contribution in [0, 0.1) is 0 Å². The van der Waals surface area contributed by atoms with Gasteiger partial charge in [-0.3, -0.25) is 4.79 Å². The van der Waals surface area contributed by atoms with Crippen molar-refractivity contribution in [3.05, 3.63) is 54.1 Å². The van der Waals surface area contributed by atoms with Gasteiger partial charge in [-0.1, -0.05) is 36.4 Å². The van der Waals surface area contributed by atoms with Crippen LogP contribution in [0.15, 0.2) is 48.5 Å². The molecule has 1 heterocycles. The summed E-state index contributed by atoms with van der Waals surface area (Å²) in [5.74, 6) is -3.20. The van der Waals surface area contributed by atoms with Crippen LogP contribution in [0.25, 0.3) is 11.1 Å². The second-order valence-electron chi connectivity index (χ2n) is 5.47. The van der Waals surface area contributed by atoms with Gasteiger partial charge in [0, 0.05) is 29.8 Å². The van der Waals surface area contributed by atoms with Crippen molar-refractivity contribution in [2.24, 2.45) is 0 Å². The summed E-state index contributed by atoms with van der Waals surface area (Å²) >= 11 is 0. The molecule has 1 amide bonds. The summed E-state index contributed by atoms with van der Waals surface area (Å²) in [4.78, 5) is 13.8. The van der Waals surface area contributed by atoms with Crippen molar-refractivity contribution in [2.45, 2.75) is 12.3 Å². The van der Waals surface area contributed by atoms with Gasteiger partial charge in [-0.25, -0.2) is 8.78 Å². The molecule has 114 valence electrons. The topological polar surface area (TPSA) is 46.3 Å². The Kier molecular flexibility index (Phi) is 3.56. The van der Waals surface area contributed by atoms with Crippen LogP contribution in [0.5, 0.6) is 0 Å². The van der Waals surface area contributed by atoms with Gasteiger partial charge >= 0.3 is 0 Å². The van der Waals surface area contributed by atoms with Crippen LogP contribution in [0.1, 0.15) is 16.8 Å². The van der Waals surface area contributed by atoms with Crippen molar-refractivity contribution in [3.8, 4) is 11.1 Å². The predicted octanol–water partition coefficient (Wildman–Crippen LogP) is 3.42. The quantitative estimate of drug-likeness (QED) is 0.864. The molecule has 3 rings (SSSR count). The van der Waals surface area contributed by atoms with Crippen LogP contribution in [-0.4, -0.2) is 29.8 Å². The molecule has 0 spiro atoms. The fraction of sp³-hybridized carbons (Fsp3) is 0.235. The first-order valence-electron chi connectivity index (χ1n) is 7.09. The number of benzene rings is 2. The van der Waals surface area contributed by atoms with E-state index in [-0.39, 0.29) is 13.0 Å². The Morgan fingerprint density at radius 1 is 1.09 bits per heavy atom. The average molecular weight is 302 g/mol. The fourth-order valence-corrected chi connectivity index (χ4v) is 2.75. The van der Waals surface area contributed by atoms with E-state index in [1.165, 1.54) is 4.90 Å². The first-order valence-corrected chi connectivity index (χ1v) is 7.09. The van der Waals surface area contributed by atoms with Gasteiger partial charge in [-0.05, 0) is 17.7 Å². The summed E-state index contributed by atoms with van der Waals surface area (Å²) in [6.45, 7) is -0.469. The van der Waals surface area contributed by atoms with Gasteiger partial charge in [-0.2, -0.15) is 0 Å². The maximum Gasteiger partial charge on any atom is 0.267 e. The monoisotopic (exact) mass is 302 g/mol. The molecule has 0 aromatic heterocycles. The largest absolute Gasteiger partial charge is 0.398 e. The van der Waals surface area contributed by atoms with Gasteiger partial charge in [0.25, 0.3) is 11.8 Å². The number of rotatable bonds is 2. The molecule has 1 fully saturated rings. The summed E-state index contributed by atoms with van der Waals surface area (Å²) < 4.78 is 26.7. The van der Waals surface area contributed by atoms with Crippen LogP contribution in [0.4, 0.5) is 14.5 Å². The highest BCUT2D eigenvalue weighted by molar-refractivity contribution is 6.03. The maximum absolute atomic E-state index is 13.4. The number of nitrogens with two attached hydrogens (primary N) is 1. The van der Waals surface area contributed by atoms with E-state index < -0.39 is 18.4 Å². The van der Waals surface area contributed by atoms with Gasteiger partial charge < -0.3 is 10.6 Å². The number of nitrogens with zero attached hydrogens (tertiary/aromatic N) is 1. The lowest BCUT2D eigenvalue weighted by Crippen LogP contribution is -2.31. The summed E-state index contributed by atoms with van der Waals surface area (Å²) in [5.41, 5.74) is 8.25. The molecule has 0 radical (unpaired) electrons. The molecular weight excluding hydrogens is 286 g/mol. The number of nitrogen functional groups attached to an aromatic ring is 1. The van der Waals surface area contributed by atoms with Crippen LogP contribution < -0.4 is 5.73 Å². The zero-order chi connectivity index (χ0) is 15.7. The number of alkyl halides is 2. The SMILES string of the molecule is Nc1cccc(C(=O)N2CCC(F)(F)C2)c1-c1ccccc1. The number of carbonyl (C=O) groups is 1. The van der Waals surface area contributed by atoms with Crippen molar-refractivity contribution in [3.63, 3.8) is 0 Å². The molecule has 0 bridgehead atoms. The van der Waals surface area contributed by atoms with Crippen molar-refractivity contribution >= 4 is 11.6 Å². The van der Waals surface area contributed by atoms with E-state index in [1.807, 2.05) is 30.3 Å². The molecule has 3 nitrogen and oxygen atoms in total. The third-order valence-electron chi connectivity index (χ3n) is 3.85. The van der Waals surface area contributed by atoms with E-state index in [0.717, 1.165) is 5.56 Å². The second-order valence-corrected chi connectivity index (χ2v) is 5.47. The number of amides is 1. The highest BCUT2D eigenvalue weighted by Gasteiger charge is 2.40. The molecule has 1 aliphatic heterocycles. The van der Waals surface area contributed by atoms with Gasteiger partial charge in [0.2, 0.25) is 0 Å². The Hall–Kier alpha value is -2.43. The van der Waals surface area contributed by atoms with E-state index in [4.69, 9.17) is 5.73 Å². The van der Waals surface area contributed by atoms with E-state index in [9.17, 15) is 13.6 Å². The van der Waals surface area contributed by atoms with E-state index in [2.05, 4.69) is 0 Å². The number of halogens is 2. The van der Waals surface area contributed by atoms with Crippen LogP contribution in [-0.2, 0) is 0 Å². The van der Waals surface area contributed by atoms with Crippen molar-refractivity contribution in [2.75, 3.05) is 18.8 Å². The minimum Gasteiger partial charge on any atom is -0.398 e. The Morgan fingerprint density at radius 2 is 1.82 bits per heavy atom. The van der Waals surface area contributed by atoms with Crippen LogP contribution in [0.3, 0.4) is 0 Å². The fourth-order valence-electron chi connectivity index (χ4n) is 2.75. The standard InChI is InChI=1S/C17H16F2N2O/c18-17(19)9-10-21(11-17)16(22)13-7-4-8-14(20)15(13)12-5-2-1-3-6-12/h1-8H,9-11,20H2. The lowest BCUT2D eigenvalue weighted by Gasteiger charge is -2.19. The van der Waals surface area contributed by atoms with E-state index in [1.54, 1.807) is 18.2 Å². The Labute approximate surface area is 127 Å². The molecular formula is C17H16F2N2O. The molecule has 2 aromatic rings. The highest BCUT2D eigenvalue weighted by Crippen LogP contribution is 2.33. The number of anilines is 1. The minimum absolute atomic E-state index is 0.0643. The molecule has 1 saturated heterocycles. The maximum atomic E-state index is 13.4. The molecule has 1 aliphatic rings. The number of carbonyl (C=O) groups excluding carboxylic acids is 1. The molecule has 0 atom stereocenters. The molecule has 2 aromatic carbocycles. The molecule has 0 unspecified atom stereocenters. The average Bonchev–Trinajstić information content (AvgIpc) is 2.87. The van der Waals surface area contributed by atoms with Crippen LogP contribution >= 0.6 is 0 Å². The predicted molar refractivity (Wildman–Crippen MR) is 81.8 cm³/mol. The van der Waals surface area contributed by atoms with Gasteiger partial charge in [-0.15, -0.1) is 0 Å². The number of hydrogen-bond acceptors (Lipinski definition) is 2. The lowest BCUT2D eigenvalue weighted by molar-refractivity contribution is 0.0120. The third kappa shape index (κ3) is 2.66. The smallest absolute Gasteiger partial charge is 0.267 e. The van der Waals surface area contributed by atoms with Gasteiger partial charge in [0.1, 0.15) is 0 Å². The van der Waals surface area contributed by atoms with E-state index in [0.29, 0.717) is 16.8 Å². The Morgan fingerprint density at radius 3 is 2.45 bits per heavy atom. The van der Waals surface area contributed by atoms with Crippen LogP contribution in [0.2, 0.25) is 0 Å². The Balaban J connectivity index is 2.01. The highest BCUT2D eigenvalue weighted by atomic mass is 19.3. The molecule has 0 aliphatic carbocycles. The second kappa shape index (κ2) is 5.40. The zero-order valence-electron chi connectivity index (χ0n) is 11.9. The van der Waals surface area contributed by atoms with Crippen molar-refractivity contribution in [1.82, 2.24) is 4.90 Å². The zero-order valence-corrected chi connectivity index (χ0v) is 11.9. The van der Waals surface area contributed by atoms with Gasteiger partial charge in [0.05, 0.1) is 6.54 Å². The summed E-state index contributed by atoms with van der Waals surface area (Å²) in [5, 5.41) is 0. The van der Waals surface area contributed by atoms with Crippen molar-refractivity contribution < 1.29 is 13.6 Å². The van der Waals surface area contributed by atoms with Crippen molar-refractivity contribution in [1.29, 1.82) is 0 Å². The summed E-state index contributed by atoms with van der Waals surface area (Å²) in [7, 11) is 0. The Bertz CT molecular complexity index is 701. The summed E-state index contributed by atoms with van der Waals surface area (Å²) in [6, 6.07) is 14.3. The normalized spacial score (nSPS) is 16.7. The first-order chi connectivity index (χ1) is 10.5. The minimum atomic E-state index is -2.80. The number of hydrogen-bond donors (Lipinski definition) is 1. The lowest BCUT2D eigenvalue weighted by atomic mass is 9.97. The van der Waals surface area contributed by atoms with Gasteiger partial charge in [0.15, 0.2) is 0 Å². The molecule has 22 heavy (non-hydrogen) atoms. The number of likely N-dealkylation sites (tertiary alicyclic amines) is 1. The third-order valence-corrected chi connectivity index (χ3v) is 3.85. The summed E-state index contributed by atoms with van der Waals surface area (Å²) in [6.07, 6.45) is -0.290. The first kappa shape index (κ1) is 14.5. The molecule has 0 saturated carbocycles. The molecule has 5 heteroatoms. The molecule has 2 N–H and O–H groups in total. The van der Waals surface area contributed by atoms with E-state index >= 15 is 0 Å².